The number of rotatable bonds is 7. The van der Waals surface area contributed by atoms with E-state index >= 15 is 0 Å². The van der Waals surface area contributed by atoms with Crippen molar-refractivity contribution in [3.63, 3.8) is 0 Å². The van der Waals surface area contributed by atoms with Gasteiger partial charge < -0.3 is 14.8 Å². The fourth-order valence-electron chi connectivity index (χ4n) is 4.59. The van der Waals surface area contributed by atoms with Crippen LogP contribution in [-0.4, -0.2) is 38.1 Å². The number of thiophene rings is 1. The first kappa shape index (κ1) is 22.4. The van der Waals surface area contributed by atoms with Gasteiger partial charge in [0.05, 0.1) is 26.8 Å². The first-order valence-electron chi connectivity index (χ1n) is 11.0. The van der Waals surface area contributed by atoms with Crippen molar-refractivity contribution in [3.8, 4) is 11.5 Å². The van der Waals surface area contributed by atoms with Crippen LogP contribution in [0.25, 0.3) is 0 Å². The molecule has 2 heterocycles. The average Bonchev–Trinajstić information content (AvgIpc) is 3.13. The van der Waals surface area contributed by atoms with Gasteiger partial charge in [-0.05, 0) is 36.5 Å². The minimum Gasteiger partial charge on any atom is -0.497 e. The molecule has 0 radical (unpaired) electrons. The van der Waals surface area contributed by atoms with E-state index in [-0.39, 0.29) is 11.9 Å². The molecule has 32 heavy (non-hydrogen) atoms. The van der Waals surface area contributed by atoms with Gasteiger partial charge in [-0.25, -0.2) is 0 Å². The number of hydrogen-bond acceptors (Lipinski definition) is 5. The van der Waals surface area contributed by atoms with Gasteiger partial charge in [-0.15, -0.1) is 11.3 Å². The molecule has 1 amide bonds. The number of amides is 1. The van der Waals surface area contributed by atoms with Crippen LogP contribution in [0.15, 0.2) is 48.5 Å². The lowest BCUT2D eigenvalue weighted by Crippen LogP contribution is -2.40. The Hall–Kier alpha value is -2.83. The van der Waals surface area contributed by atoms with Crippen molar-refractivity contribution in [1.82, 2.24) is 4.90 Å². The normalized spacial score (nSPS) is 15.8. The van der Waals surface area contributed by atoms with E-state index in [1.807, 2.05) is 17.4 Å². The first-order valence-corrected chi connectivity index (χ1v) is 11.8. The summed E-state index contributed by atoms with van der Waals surface area (Å²) < 4.78 is 10.7. The average molecular weight is 451 g/mol. The second-order valence-corrected chi connectivity index (χ2v) is 9.27. The van der Waals surface area contributed by atoms with E-state index in [4.69, 9.17) is 9.47 Å². The Kier molecular flexibility index (Phi) is 6.82. The Bertz CT molecular complexity index is 1070. The number of anilines is 1. The SMILES string of the molecule is CCc1c(C)sc2c1CCN(CC(=O)Nc1cc(OC)cc(OC)c1)[C@@H]2c1ccccc1. The number of benzene rings is 2. The van der Waals surface area contributed by atoms with Crippen LogP contribution in [0, 0.1) is 6.92 Å². The molecule has 1 N–H and O–H groups in total. The van der Waals surface area contributed by atoms with Crippen molar-refractivity contribution in [2.45, 2.75) is 32.7 Å². The van der Waals surface area contributed by atoms with Crippen molar-refractivity contribution >= 4 is 22.9 Å². The maximum atomic E-state index is 13.1. The van der Waals surface area contributed by atoms with Crippen molar-refractivity contribution in [2.24, 2.45) is 0 Å². The van der Waals surface area contributed by atoms with Gasteiger partial charge in [-0.2, -0.15) is 0 Å². The highest BCUT2D eigenvalue weighted by molar-refractivity contribution is 7.12. The molecule has 0 fully saturated rings. The molecule has 0 aliphatic carbocycles. The summed E-state index contributed by atoms with van der Waals surface area (Å²) in [6.45, 7) is 5.62. The van der Waals surface area contributed by atoms with E-state index in [1.54, 1.807) is 32.4 Å². The Morgan fingerprint density at radius 3 is 2.44 bits per heavy atom. The standard InChI is InChI=1S/C26H30N2O3S/c1-5-22-17(2)32-26-23(22)11-12-28(25(26)18-9-7-6-8-10-18)16-24(29)27-19-13-20(30-3)15-21(14-19)31-4/h6-10,13-15,25H,5,11-12,16H2,1-4H3,(H,27,29)/t25-/m1/s1. The molecule has 1 aliphatic rings. The van der Waals surface area contributed by atoms with Crippen LogP contribution in [0.2, 0.25) is 0 Å². The highest BCUT2D eigenvalue weighted by Gasteiger charge is 2.33. The maximum Gasteiger partial charge on any atom is 0.238 e. The molecule has 1 aliphatic heterocycles. The summed E-state index contributed by atoms with van der Waals surface area (Å²) in [5.74, 6) is 1.24. The monoisotopic (exact) mass is 450 g/mol. The topological polar surface area (TPSA) is 50.8 Å². The van der Waals surface area contributed by atoms with E-state index in [1.165, 1.54) is 26.4 Å². The molecule has 0 bridgehead atoms. The van der Waals surface area contributed by atoms with Crippen LogP contribution in [0.5, 0.6) is 11.5 Å². The van der Waals surface area contributed by atoms with Gasteiger partial charge in [0.15, 0.2) is 0 Å². The van der Waals surface area contributed by atoms with Gasteiger partial charge in [-0.1, -0.05) is 37.3 Å². The summed E-state index contributed by atoms with van der Waals surface area (Å²) in [7, 11) is 3.20. The Labute approximate surface area is 194 Å². The molecular formula is C26H30N2O3S. The van der Waals surface area contributed by atoms with Gasteiger partial charge in [0.2, 0.25) is 5.91 Å². The molecule has 6 heteroatoms. The third-order valence-corrected chi connectivity index (χ3v) is 7.31. The molecule has 0 unspecified atom stereocenters. The molecule has 3 aromatic rings. The molecule has 2 aromatic carbocycles. The van der Waals surface area contributed by atoms with E-state index < -0.39 is 0 Å². The fraction of sp³-hybridized carbons (Fsp3) is 0.346. The Morgan fingerprint density at radius 2 is 1.81 bits per heavy atom. The molecule has 1 aromatic heterocycles. The van der Waals surface area contributed by atoms with Gasteiger partial charge in [0.25, 0.3) is 0 Å². The third kappa shape index (κ3) is 4.52. The van der Waals surface area contributed by atoms with E-state index in [0.717, 1.165) is 19.4 Å². The molecular weight excluding hydrogens is 420 g/mol. The van der Waals surface area contributed by atoms with E-state index in [2.05, 4.69) is 48.3 Å². The Morgan fingerprint density at radius 1 is 1.12 bits per heavy atom. The lowest BCUT2D eigenvalue weighted by Gasteiger charge is -2.36. The molecule has 0 saturated carbocycles. The molecule has 168 valence electrons. The summed E-state index contributed by atoms with van der Waals surface area (Å²) in [4.78, 5) is 18.1. The number of ether oxygens (including phenoxy) is 2. The van der Waals surface area contributed by atoms with Crippen LogP contribution in [0.1, 0.15) is 39.4 Å². The molecule has 1 atom stereocenters. The van der Waals surface area contributed by atoms with Crippen LogP contribution in [0.4, 0.5) is 5.69 Å². The van der Waals surface area contributed by atoms with Gasteiger partial charge in [0, 0.05) is 40.2 Å². The van der Waals surface area contributed by atoms with Crippen molar-refractivity contribution < 1.29 is 14.3 Å². The predicted molar refractivity (Wildman–Crippen MR) is 130 cm³/mol. The van der Waals surface area contributed by atoms with Gasteiger partial charge in [0.1, 0.15) is 11.5 Å². The number of carbonyl (C=O) groups excluding carboxylic acids is 1. The van der Waals surface area contributed by atoms with Crippen LogP contribution < -0.4 is 14.8 Å². The van der Waals surface area contributed by atoms with Crippen LogP contribution in [0.3, 0.4) is 0 Å². The molecule has 5 nitrogen and oxygen atoms in total. The minimum absolute atomic E-state index is 0.0475. The first-order chi connectivity index (χ1) is 15.5. The van der Waals surface area contributed by atoms with Gasteiger partial charge >= 0.3 is 0 Å². The zero-order chi connectivity index (χ0) is 22.7. The number of methoxy groups -OCH3 is 2. The second kappa shape index (κ2) is 9.76. The lowest BCUT2D eigenvalue weighted by molar-refractivity contribution is -0.117. The zero-order valence-corrected chi connectivity index (χ0v) is 19.9. The highest BCUT2D eigenvalue weighted by Crippen LogP contribution is 2.42. The van der Waals surface area contributed by atoms with Crippen molar-refractivity contribution in [1.29, 1.82) is 0 Å². The second-order valence-electron chi connectivity index (χ2n) is 8.02. The molecule has 0 spiro atoms. The van der Waals surface area contributed by atoms with Crippen molar-refractivity contribution in [2.75, 3.05) is 32.6 Å². The smallest absolute Gasteiger partial charge is 0.238 e. The van der Waals surface area contributed by atoms with E-state index in [9.17, 15) is 4.79 Å². The summed E-state index contributed by atoms with van der Waals surface area (Å²) in [5, 5.41) is 3.03. The highest BCUT2D eigenvalue weighted by atomic mass is 32.1. The zero-order valence-electron chi connectivity index (χ0n) is 19.1. The molecule has 4 rings (SSSR count). The van der Waals surface area contributed by atoms with E-state index in [0.29, 0.717) is 23.7 Å². The third-order valence-electron chi connectivity index (χ3n) is 6.06. The lowest BCUT2D eigenvalue weighted by atomic mass is 9.91. The fourth-order valence-corrected chi connectivity index (χ4v) is 6.06. The quantitative estimate of drug-likeness (QED) is 0.536. The summed E-state index contributed by atoms with van der Waals surface area (Å²) in [5.41, 5.74) is 4.87. The maximum absolute atomic E-state index is 13.1. The number of hydrogen-bond donors (Lipinski definition) is 1. The Balaban J connectivity index is 1.60. The summed E-state index contributed by atoms with van der Waals surface area (Å²) >= 11 is 1.88. The van der Waals surface area contributed by atoms with Crippen LogP contribution >= 0.6 is 11.3 Å². The van der Waals surface area contributed by atoms with Gasteiger partial charge in [-0.3, -0.25) is 9.69 Å². The van der Waals surface area contributed by atoms with Crippen molar-refractivity contribution in [3.05, 3.63) is 75.0 Å². The number of fused-ring (bicyclic) bond motifs is 1. The summed E-state index contributed by atoms with van der Waals surface area (Å²) in [6.07, 6.45) is 2.03. The predicted octanol–water partition coefficient (Wildman–Crippen LogP) is 5.22. The largest absolute Gasteiger partial charge is 0.497 e. The minimum atomic E-state index is -0.0475. The number of aryl methyl sites for hydroxylation is 1. The number of carbonyl (C=O) groups is 1. The molecule has 0 saturated heterocycles. The van der Waals surface area contributed by atoms with Crippen LogP contribution in [-0.2, 0) is 17.6 Å². The number of nitrogens with zero attached hydrogens (tertiary/aromatic N) is 1. The summed E-state index contributed by atoms with van der Waals surface area (Å²) in [6, 6.07) is 16.0. The number of nitrogens with one attached hydrogen (secondary N) is 1.